The van der Waals surface area contributed by atoms with E-state index in [-0.39, 0.29) is 41.1 Å². The monoisotopic (exact) mass is 748 g/mol. The van der Waals surface area contributed by atoms with Gasteiger partial charge in [0, 0.05) is 8.07 Å². The average Bonchev–Trinajstić information content (AvgIpc) is 3.45. The van der Waals surface area contributed by atoms with Gasteiger partial charge in [-0.1, -0.05) is 98.8 Å². The Bertz CT molecular complexity index is 1520. The molecule has 0 saturated heterocycles. The van der Waals surface area contributed by atoms with Crippen molar-refractivity contribution in [3.8, 4) is 11.1 Å². The SMILES string of the molecule is CC(C)(C)c1[c-]c2c(cc1)-c1ccc(C(C)(C)C)cc1C2.CC(C)(C)c1ccc([CH]=[Zr+2])cc1.Cc1cc([Si](C)(C)C)c(C)[cH-]1.[Cl-].[Cl-]. The first-order valence-corrected chi connectivity index (χ1v) is 21.1. The molecular formula is C42H56Cl2SiZr-2. The fourth-order valence-corrected chi connectivity index (χ4v) is 8.11. The van der Waals surface area contributed by atoms with Crippen LogP contribution in [0.2, 0.25) is 19.6 Å². The van der Waals surface area contributed by atoms with Gasteiger partial charge < -0.3 is 24.8 Å². The number of hydrogen-bond donors (Lipinski definition) is 0. The fraction of sp³-hybridized carbons (Fsp3) is 0.429. The molecule has 4 aromatic carbocycles. The van der Waals surface area contributed by atoms with Crippen LogP contribution in [0.15, 0.2) is 66.7 Å². The Morgan fingerprint density at radius 3 is 1.63 bits per heavy atom. The van der Waals surface area contributed by atoms with Crippen LogP contribution < -0.4 is 30.0 Å². The van der Waals surface area contributed by atoms with Crippen molar-refractivity contribution in [1.82, 2.24) is 0 Å². The number of hydrogen-bond acceptors (Lipinski definition) is 0. The summed E-state index contributed by atoms with van der Waals surface area (Å²) < 4.78 is 2.21. The van der Waals surface area contributed by atoms with Crippen molar-refractivity contribution in [3.63, 3.8) is 0 Å². The van der Waals surface area contributed by atoms with Gasteiger partial charge in [0.25, 0.3) is 0 Å². The van der Waals surface area contributed by atoms with Gasteiger partial charge in [-0.3, -0.25) is 0 Å². The van der Waals surface area contributed by atoms with E-state index < -0.39 is 8.07 Å². The van der Waals surface area contributed by atoms with Crippen molar-refractivity contribution in [2.24, 2.45) is 0 Å². The first kappa shape index (κ1) is 42.6. The normalized spacial score (nSPS) is 12.3. The summed E-state index contributed by atoms with van der Waals surface area (Å²) in [7, 11) is -1.06. The molecule has 0 aromatic heterocycles. The quantitative estimate of drug-likeness (QED) is 0.178. The maximum atomic E-state index is 3.67. The summed E-state index contributed by atoms with van der Waals surface area (Å²) in [5.74, 6) is 0. The largest absolute Gasteiger partial charge is 1.00 e. The van der Waals surface area contributed by atoms with E-state index in [1.165, 1.54) is 79.9 Å². The molecule has 1 aliphatic rings. The molecule has 4 aromatic rings. The molecule has 0 N–H and O–H groups in total. The van der Waals surface area contributed by atoms with Crippen LogP contribution in [0.25, 0.3) is 11.1 Å². The summed E-state index contributed by atoms with van der Waals surface area (Å²) in [4.78, 5) is 0. The Balaban J connectivity index is 0.000000365. The molecule has 0 spiro atoms. The van der Waals surface area contributed by atoms with Crippen LogP contribution in [-0.2, 0) is 46.9 Å². The molecule has 46 heavy (non-hydrogen) atoms. The Morgan fingerprint density at radius 2 is 1.22 bits per heavy atom. The predicted molar refractivity (Wildman–Crippen MR) is 196 cm³/mol. The van der Waals surface area contributed by atoms with Crippen LogP contribution >= 0.6 is 0 Å². The van der Waals surface area contributed by atoms with E-state index in [4.69, 9.17) is 0 Å². The first-order valence-electron chi connectivity index (χ1n) is 16.2. The topological polar surface area (TPSA) is 0 Å². The van der Waals surface area contributed by atoms with Gasteiger partial charge in [0.1, 0.15) is 0 Å². The molecule has 0 bridgehead atoms. The van der Waals surface area contributed by atoms with Crippen LogP contribution in [-0.4, -0.2) is 11.8 Å². The van der Waals surface area contributed by atoms with Gasteiger partial charge in [0.2, 0.25) is 0 Å². The summed E-state index contributed by atoms with van der Waals surface area (Å²) in [6, 6.07) is 28.6. The maximum absolute atomic E-state index is 3.67. The fourth-order valence-electron chi connectivity index (χ4n) is 5.72. The minimum Gasteiger partial charge on any atom is -1.00 e. The smallest absolute Gasteiger partial charge is 0.00418 e. The van der Waals surface area contributed by atoms with E-state index >= 15 is 0 Å². The molecule has 0 radical (unpaired) electrons. The van der Waals surface area contributed by atoms with E-state index in [1.54, 1.807) is 5.19 Å². The van der Waals surface area contributed by atoms with E-state index in [0.717, 1.165) is 6.42 Å². The molecule has 0 aliphatic heterocycles. The summed E-state index contributed by atoms with van der Waals surface area (Å²) in [5.41, 5.74) is 14.6. The minimum atomic E-state index is -1.06. The Kier molecular flexibility index (Phi) is 15.1. The molecule has 0 amide bonds. The Labute approximate surface area is 310 Å². The number of benzene rings is 3. The summed E-state index contributed by atoms with van der Waals surface area (Å²) in [6.45, 7) is 31.9. The van der Waals surface area contributed by atoms with Crippen molar-refractivity contribution in [2.45, 2.75) is 118 Å². The second-order valence-electron chi connectivity index (χ2n) is 16.7. The second kappa shape index (κ2) is 16.3. The molecule has 1 aliphatic carbocycles. The van der Waals surface area contributed by atoms with E-state index in [1.807, 2.05) is 0 Å². The van der Waals surface area contributed by atoms with Gasteiger partial charge in [-0.2, -0.15) is 46.1 Å². The Morgan fingerprint density at radius 1 is 0.696 bits per heavy atom. The van der Waals surface area contributed by atoms with Crippen molar-refractivity contribution in [1.29, 1.82) is 0 Å². The second-order valence-corrected chi connectivity index (χ2v) is 22.5. The molecule has 0 saturated carbocycles. The van der Waals surface area contributed by atoms with Crippen molar-refractivity contribution < 1.29 is 49.0 Å². The molecule has 5 rings (SSSR count). The van der Waals surface area contributed by atoms with Gasteiger partial charge in [0.05, 0.1) is 0 Å². The molecule has 0 atom stereocenters. The zero-order chi connectivity index (χ0) is 33.3. The molecular weight excluding hydrogens is 695 g/mol. The number of fused-ring (bicyclic) bond motifs is 3. The van der Waals surface area contributed by atoms with Crippen LogP contribution in [0.4, 0.5) is 0 Å². The molecule has 0 heterocycles. The third-order valence-corrected chi connectivity index (χ3v) is 11.4. The first-order chi connectivity index (χ1) is 20.1. The molecule has 4 heteroatoms. The molecule has 248 valence electrons. The van der Waals surface area contributed by atoms with Gasteiger partial charge in [-0.25, -0.2) is 6.07 Å². The van der Waals surface area contributed by atoms with Crippen LogP contribution in [0.3, 0.4) is 0 Å². The van der Waals surface area contributed by atoms with Gasteiger partial charge in [-0.15, -0.1) is 11.1 Å². The third-order valence-electron chi connectivity index (χ3n) is 8.46. The molecule has 0 unspecified atom stereocenters. The zero-order valence-electron chi connectivity index (χ0n) is 30.9. The minimum absolute atomic E-state index is 0. The van der Waals surface area contributed by atoms with Crippen molar-refractivity contribution in [2.75, 3.05) is 0 Å². The van der Waals surface area contributed by atoms with E-state index in [9.17, 15) is 0 Å². The van der Waals surface area contributed by atoms with Gasteiger partial charge >= 0.3 is 89.5 Å². The Hall–Kier alpha value is -1.44. The standard InChI is InChI=1S/C21H25.C11H14.C10H17Si.2ClH.Zr/c1-20(2,3)16-7-9-18-14(12-16)11-15-13-17(21(4,5)6)8-10-19(15)18;1-9-5-7-10(8-6-9)11(2,3)4;1-8-6-9(2)10(7-8)11(3,4)5;;;/h7-10,12H,11H2,1-6H3;1,5-8H,2-4H3;6-7H,1-5H3;2*1H;/q-1;;-1;;;+2/p-2. The number of aryl methyl sites for hydroxylation is 2. The maximum Gasteiger partial charge on any atom is 0.00418 e. The molecule has 0 fully saturated rings. The van der Waals surface area contributed by atoms with Gasteiger partial charge in [0.15, 0.2) is 0 Å². The summed E-state index contributed by atoms with van der Waals surface area (Å²) in [5, 5.41) is 1.62. The van der Waals surface area contributed by atoms with Crippen LogP contribution in [0.1, 0.15) is 107 Å². The summed E-state index contributed by atoms with van der Waals surface area (Å²) >= 11 is 1.46. The van der Waals surface area contributed by atoms with Crippen molar-refractivity contribution in [3.05, 3.63) is 117 Å². The predicted octanol–water partition coefficient (Wildman–Crippen LogP) is 4.91. The average molecular weight is 751 g/mol. The van der Waals surface area contributed by atoms with Crippen LogP contribution in [0, 0.1) is 19.9 Å². The molecule has 0 nitrogen and oxygen atoms in total. The van der Waals surface area contributed by atoms with E-state index in [0.29, 0.717) is 0 Å². The third kappa shape index (κ3) is 11.3. The van der Waals surface area contributed by atoms with Crippen LogP contribution in [0.5, 0.6) is 0 Å². The van der Waals surface area contributed by atoms with Gasteiger partial charge in [-0.05, 0) is 28.4 Å². The van der Waals surface area contributed by atoms with Crippen molar-refractivity contribution >= 4 is 17.0 Å². The van der Waals surface area contributed by atoms with E-state index in [2.05, 4.69) is 172 Å². The number of rotatable bonds is 2. The summed E-state index contributed by atoms with van der Waals surface area (Å²) in [6.07, 6.45) is 1.03. The zero-order valence-corrected chi connectivity index (χ0v) is 35.9. The number of halogens is 2.